The number of imidazole rings is 1. The molecule has 0 bridgehead atoms. The second-order valence-corrected chi connectivity index (χ2v) is 20.4. The molecule has 10 rings (SSSR count). The van der Waals surface area contributed by atoms with E-state index in [1.54, 1.807) is 0 Å². The van der Waals surface area contributed by atoms with Gasteiger partial charge in [0, 0.05) is 66.4 Å². The summed E-state index contributed by atoms with van der Waals surface area (Å²) in [5, 5.41) is 4.64. The molecule has 0 unspecified atom stereocenters. The summed E-state index contributed by atoms with van der Waals surface area (Å²) in [7, 11) is 0. The molecule has 10 aromatic rings. The van der Waals surface area contributed by atoms with E-state index in [1.165, 1.54) is 38.5 Å². The maximum Gasteiger partial charge on any atom is 0.267 e. The number of hydrogen-bond donors (Lipinski definition) is 0. The Kier molecular flexibility index (Phi) is 10.8. The van der Waals surface area contributed by atoms with Gasteiger partial charge in [0.05, 0.1) is 22.4 Å². The Morgan fingerprint density at radius 3 is 1.80 bits per heavy atom. The van der Waals surface area contributed by atoms with Gasteiger partial charge in [-0.25, -0.2) is 4.98 Å². The molecule has 0 atom stereocenters. The maximum absolute atomic E-state index is 6.68. The van der Waals surface area contributed by atoms with Crippen LogP contribution in [0, 0.1) is 32.3 Å². The second-order valence-electron chi connectivity index (χ2n) is 20.4. The second kappa shape index (κ2) is 16.0. The van der Waals surface area contributed by atoms with Crippen molar-refractivity contribution in [1.82, 2.24) is 18.7 Å². The molecule has 0 fully saturated rings. The number of aromatic nitrogens is 5. The number of rotatable bonds is 6. The van der Waals surface area contributed by atoms with Gasteiger partial charge in [0.1, 0.15) is 5.82 Å². The van der Waals surface area contributed by atoms with Crippen molar-refractivity contribution in [2.45, 2.75) is 92.4 Å². The minimum atomic E-state index is -0.0574. The number of nitrogens with zero attached hydrogens (tertiary/aromatic N) is 5. The fourth-order valence-corrected chi connectivity index (χ4v) is 8.97. The number of pyridine rings is 1. The van der Waals surface area contributed by atoms with Gasteiger partial charge in [0.25, 0.3) is 6.33 Å². The predicted octanol–water partition coefficient (Wildman–Crippen LogP) is 14.0. The molecule has 65 heavy (non-hydrogen) atoms. The number of para-hydroxylation sites is 2. The van der Waals surface area contributed by atoms with Crippen molar-refractivity contribution in [2.24, 2.45) is 0 Å². The van der Waals surface area contributed by atoms with Gasteiger partial charge in [0.15, 0.2) is 0 Å². The van der Waals surface area contributed by atoms with Crippen molar-refractivity contribution < 1.29 is 30.4 Å². The summed E-state index contributed by atoms with van der Waals surface area (Å²) < 4.78 is 15.5. The van der Waals surface area contributed by atoms with Crippen molar-refractivity contribution in [3.8, 4) is 34.4 Å². The largest absolute Gasteiger partial charge is 0.510 e. The van der Waals surface area contributed by atoms with Gasteiger partial charge < -0.3 is 18.4 Å². The van der Waals surface area contributed by atoms with Crippen LogP contribution in [0.3, 0.4) is 0 Å². The summed E-state index contributed by atoms with van der Waals surface area (Å²) in [4.78, 5) is 4.96. The molecule has 0 saturated carbocycles. The van der Waals surface area contributed by atoms with Gasteiger partial charge in [-0.2, -0.15) is 18.2 Å². The SMILES string of the molecule is Cc1c(C)[n+](-c2cc(C(C)(C)C)cc(C(C)(C)C)c2)[c-]n1-c1[c-]c(Oc2[c-]c3c(cc2)c2cc(-n4c5ccccc5c5ccccc54)ccc2n3-c2cc(C(C)(C)C)ccn2)ccc1.[Pt]. The molecule has 0 N–H and O–H groups in total. The van der Waals surface area contributed by atoms with Crippen molar-refractivity contribution in [3.63, 3.8) is 0 Å². The van der Waals surface area contributed by atoms with Gasteiger partial charge in [-0.15, -0.1) is 29.7 Å². The van der Waals surface area contributed by atoms with Crippen LogP contribution in [0.1, 0.15) is 90.4 Å². The Morgan fingerprint density at radius 2 is 1.15 bits per heavy atom. The van der Waals surface area contributed by atoms with E-state index < -0.39 is 0 Å². The summed E-state index contributed by atoms with van der Waals surface area (Å²) >= 11 is 0. The molecule has 4 heterocycles. The first-order chi connectivity index (χ1) is 30.4. The van der Waals surface area contributed by atoms with Crippen LogP contribution in [0.25, 0.3) is 66.5 Å². The molecular formula is C58H55N5OPt-2. The third kappa shape index (κ3) is 7.80. The number of ether oxygens (including phenoxy) is 1. The summed E-state index contributed by atoms with van der Waals surface area (Å²) in [5.41, 5.74) is 13.3. The number of hydrogen-bond acceptors (Lipinski definition) is 2. The molecule has 0 aliphatic carbocycles. The molecule has 0 radical (unpaired) electrons. The summed E-state index contributed by atoms with van der Waals surface area (Å²) in [6.45, 7) is 24.6. The van der Waals surface area contributed by atoms with Crippen LogP contribution in [0.4, 0.5) is 0 Å². The van der Waals surface area contributed by atoms with E-state index in [0.29, 0.717) is 11.5 Å². The standard InChI is InChI=1S/C58H55N5O.Pt/c1-37-38(2)61(44-30-40(57(6,7)8)29-41(31-44)58(9,10)11)36-60(37)42-17-16-18-45(33-42)64-46-24-25-49-50-34-43(62-51-21-14-12-19-47(51)48-20-13-15-22-52(48)62)23-26-53(50)63(54(49)35-46)55-32-39(27-28-59-55)56(3,4)5;/h12-32,34H,1-11H3;/q-2;. The van der Waals surface area contributed by atoms with Crippen LogP contribution >= 0.6 is 0 Å². The van der Waals surface area contributed by atoms with Gasteiger partial charge >= 0.3 is 0 Å². The minimum absolute atomic E-state index is 0. The van der Waals surface area contributed by atoms with Gasteiger partial charge in [-0.3, -0.25) is 4.57 Å². The quantitative estimate of drug-likeness (QED) is 0.123. The molecule has 6 aromatic carbocycles. The Balaban J connectivity index is 0.00000533. The molecule has 330 valence electrons. The number of fused-ring (bicyclic) bond motifs is 6. The summed E-state index contributed by atoms with van der Waals surface area (Å²) in [6.07, 6.45) is 5.59. The van der Waals surface area contributed by atoms with Crippen LogP contribution in [0.5, 0.6) is 11.5 Å². The summed E-state index contributed by atoms with van der Waals surface area (Å²) in [5.74, 6) is 2.02. The first-order valence-electron chi connectivity index (χ1n) is 22.3. The van der Waals surface area contributed by atoms with Crippen molar-refractivity contribution >= 4 is 43.6 Å². The van der Waals surface area contributed by atoms with E-state index in [9.17, 15) is 0 Å². The van der Waals surface area contributed by atoms with Crippen LogP contribution < -0.4 is 9.30 Å². The third-order valence-electron chi connectivity index (χ3n) is 12.8. The first-order valence-corrected chi connectivity index (χ1v) is 22.3. The zero-order valence-electron chi connectivity index (χ0n) is 39.2. The van der Waals surface area contributed by atoms with Crippen molar-refractivity contribution in [3.05, 3.63) is 180 Å². The molecular weight excluding hydrogens is 978 g/mol. The Labute approximate surface area is 397 Å². The molecule has 0 aliphatic rings. The number of benzene rings is 6. The Morgan fingerprint density at radius 1 is 0.538 bits per heavy atom. The van der Waals surface area contributed by atoms with Crippen LogP contribution in [-0.4, -0.2) is 18.7 Å². The average Bonchev–Trinajstić information content (AvgIpc) is 3.88. The molecule has 4 aromatic heterocycles. The van der Waals surface area contributed by atoms with Gasteiger partial charge in [-0.05, 0) is 112 Å². The molecule has 0 saturated heterocycles. The third-order valence-corrected chi connectivity index (χ3v) is 12.8. The van der Waals surface area contributed by atoms with E-state index in [2.05, 4.69) is 222 Å². The zero-order chi connectivity index (χ0) is 44.9. The minimum Gasteiger partial charge on any atom is -0.510 e. The monoisotopic (exact) mass is 1030 g/mol. The molecule has 0 aliphatic heterocycles. The summed E-state index contributed by atoms with van der Waals surface area (Å²) in [6, 6.07) is 52.8. The smallest absolute Gasteiger partial charge is 0.267 e. The average molecular weight is 1030 g/mol. The molecule has 0 spiro atoms. The Bertz CT molecular complexity index is 3370. The molecule has 6 nitrogen and oxygen atoms in total. The predicted molar refractivity (Wildman–Crippen MR) is 262 cm³/mol. The fraction of sp³-hybridized carbons (Fsp3) is 0.241. The van der Waals surface area contributed by atoms with Gasteiger partial charge in [0.2, 0.25) is 0 Å². The van der Waals surface area contributed by atoms with Crippen LogP contribution in [0.2, 0.25) is 0 Å². The maximum atomic E-state index is 6.68. The van der Waals surface area contributed by atoms with E-state index >= 15 is 0 Å². The topological polar surface area (TPSA) is 40.8 Å². The molecule has 0 amide bonds. The van der Waals surface area contributed by atoms with Crippen LogP contribution in [-0.2, 0) is 37.3 Å². The first kappa shape index (κ1) is 44.0. The van der Waals surface area contributed by atoms with E-state index in [0.717, 1.165) is 56.1 Å². The van der Waals surface area contributed by atoms with Crippen LogP contribution in [0.15, 0.2) is 134 Å². The van der Waals surface area contributed by atoms with E-state index in [4.69, 9.17) is 9.72 Å². The molecule has 7 heteroatoms. The zero-order valence-corrected chi connectivity index (χ0v) is 41.4. The van der Waals surface area contributed by atoms with Gasteiger partial charge in [-0.1, -0.05) is 110 Å². The normalized spacial score (nSPS) is 12.4. The van der Waals surface area contributed by atoms with Crippen molar-refractivity contribution in [2.75, 3.05) is 0 Å². The van der Waals surface area contributed by atoms with Crippen molar-refractivity contribution in [1.29, 1.82) is 0 Å². The Hall–Kier alpha value is -6.23. The van der Waals surface area contributed by atoms with E-state index in [1.807, 2.05) is 24.4 Å². The van der Waals surface area contributed by atoms with E-state index in [-0.39, 0.29) is 37.3 Å². The fourth-order valence-electron chi connectivity index (χ4n) is 8.97.